The first-order valence-electron chi connectivity index (χ1n) is 10.5. The molecule has 0 atom stereocenters. The number of carbonyl (C=O) groups is 1. The Morgan fingerprint density at radius 1 is 0.800 bits per heavy atom. The van der Waals surface area contributed by atoms with Gasteiger partial charge in [0.15, 0.2) is 0 Å². The molecule has 2 aliphatic heterocycles. The number of hydrogen-bond donors (Lipinski definition) is 0. The quantitative estimate of drug-likeness (QED) is 0.739. The van der Waals surface area contributed by atoms with Crippen LogP contribution < -0.4 is 4.90 Å². The summed E-state index contributed by atoms with van der Waals surface area (Å²) in [5.74, 6) is 0.593. The van der Waals surface area contributed by atoms with E-state index in [4.69, 9.17) is 0 Å². The van der Waals surface area contributed by atoms with Gasteiger partial charge in [-0.1, -0.05) is 12.8 Å². The van der Waals surface area contributed by atoms with Gasteiger partial charge in [-0.25, -0.2) is 18.4 Å². The normalized spacial score (nSPS) is 18.8. The van der Waals surface area contributed by atoms with Crippen LogP contribution in [0, 0.1) is 0 Å². The molecule has 2 fully saturated rings. The molecule has 0 N–H and O–H groups in total. The summed E-state index contributed by atoms with van der Waals surface area (Å²) in [4.78, 5) is 25.5. The minimum Gasteiger partial charge on any atom is -0.337 e. The number of benzene rings is 1. The van der Waals surface area contributed by atoms with Crippen LogP contribution in [0.1, 0.15) is 36.0 Å². The SMILES string of the molecule is O=C(c1ccc(S(=O)(=O)N2CCCCCC2)cc1)N1CCN(c2ncccn2)CC1. The van der Waals surface area contributed by atoms with Crippen molar-refractivity contribution in [3.8, 4) is 0 Å². The van der Waals surface area contributed by atoms with Crippen LogP contribution in [0.5, 0.6) is 0 Å². The Labute approximate surface area is 177 Å². The smallest absolute Gasteiger partial charge is 0.253 e. The number of rotatable bonds is 4. The van der Waals surface area contributed by atoms with Crippen LogP contribution in [0.15, 0.2) is 47.6 Å². The fourth-order valence-electron chi connectivity index (χ4n) is 3.95. The number of sulfonamides is 1. The molecule has 8 nitrogen and oxygen atoms in total. The first-order chi connectivity index (χ1) is 14.6. The lowest BCUT2D eigenvalue weighted by molar-refractivity contribution is 0.0746. The van der Waals surface area contributed by atoms with Crippen LogP contribution in [0.25, 0.3) is 0 Å². The van der Waals surface area contributed by atoms with E-state index in [1.807, 2.05) is 0 Å². The number of anilines is 1. The first kappa shape index (κ1) is 20.7. The van der Waals surface area contributed by atoms with Gasteiger partial charge in [0.05, 0.1) is 4.90 Å². The molecule has 0 bridgehead atoms. The van der Waals surface area contributed by atoms with Crippen LogP contribution in [0.3, 0.4) is 0 Å². The van der Waals surface area contributed by atoms with Crippen molar-refractivity contribution in [1.82, 2.24) is 19.2 Å². The molecule has 1 aromatic heterocycles. The zero-order valence-corrected chi connectivity index (χ0v) is 17.8. The number of hydrogen-bond acceptors (Lipinski definition) is 6. The highest BCUT2D eigenvalue weighted by atomic mass is 32.2. The van der Waals surface area contributed by atoms with Crippen molar-refractivity contribution in [2.45, 2.75) is 30.6 Å². The van der Waals surface area contributed by atoms with Gasteiger partial charge in [-0.2, -0.15) is 4.31 Å². The molecule has 1 amide bonds. The molecular weight excluding hydrogens is 402 g/mol. The van der Waals surface area contributed by atoms with E-state index in [-0.39, 0.29) is 10.8 Å². The molecule has 2 aromatic rings. The molecule has 4 rings (SSSR count). The second-order valence-corrected chi connectivity index (χ2v) is 9.61. The molecule has 0 saturated carbocycles. The van der Waals surface area contributed by atoms with Gasteiger partial charge >= 0.3 is 0 Å². The van der Waals surface area contributed by atoms with Crippen molar-refractivity contribution in [1.29, 1.82) is 0 Å². The molecule has 9 heteroatoms. The minimum atomic E-state index is -3.50. The fourth-order valence-corrected chi connectivity index (χ4v) is 5.46. The van der Waals surface area contributed by atoms with Gasteiger partial charge in [-0.3, -0.25) is 4.79 Å². The summed E-state index contributed by atoms with van der Waals surface area (Å²) in [6.45, 7) is 3.61. The van der Waals surface area contributed by atoms with Crippen molar-refractivity contribution in [3.63, 3.8) is 0 Å². The van der Waals surface area contributed by atoms with Crippen LogP contribution in [0.2, 0.25) is 0 Å². The third-order valence-electron chi connectivity index (χ3n) is 5.71. The monoisotopic (exact) mass is 429 g/mol. The Morgan fingerprint density at radius 2 is 1.40 bits per heavy atom. The average Bonchev–Trinajstić information content (AvgIpc) is 3.10. The zero-order chi connectivity index (χ0) is 21.0. The molecule has 0 radical (unpaired) electrons. The Balaban J connectivity index is 1.40. The average molecular weight is 430 g/mol. The van der Waals surface area contributed by atoms with Crippen molar-refractivity contribution < 1.29 is 13.2 Å². The largest absolute Gasteiger partial charge is 0.337 e. The number of piperazine rings is 1. The standard InChI is InChI=1S/C21H27N5O3S/c27-20(24-14-16-25(17-15-24)21-22-10-5-11-23-21)18-6-8-19(9-7-18)30(28,29)26-12-3-1-2-4-13-26/h5-11H,1-4,12-17H2. The van der Waals surface area contributed by atoms with E-state index in [0.29, 0.717) is 50.8 Å². The summed E-state index contributed by atoms with van der Waals surface area (Å²) in [5.41, 5.74) is 0.509. The predicted octanol–water partition coefficient (Wildman–Crippen LogP) is 2.00. The van der Waals surface area contributed by atoms with Gasteiger partial charge in [0.25, 0.3) is 5.91 Å². The summed E-state index contributed by atoms with van der Waals surface area (Å²) in [6.07, 6.45) is 7.36. The highest BCUT2D eigenvalue weighted by Gasteiger charge is 2.27. The van der Waals surface area contributed by atoms with Gasteiger partial charge in [0, 0.05) is 57.2 Å². The Bertz CT molecular complexity index is 950. The topological polar surface area (TPSA) is 86.7 Å². The summed E-state index contributed by atoms with van der Waals surface area (Å²) in [5, 5.41) is 0. The third kappa shape index (κ3) is 4.46. The molecule has 30 heavy (non-hydrogen) atoms. The van der Waals surface area contributed by atoms with Gasteiger partial charge in [-0.05, 0) is 43.2 Å². The molecule has 1 aromatic carbocycles. The lowest BCUT2D eigenvalue weighted by atomic mass is 10.2. The molecule has 2 aliphatic rings. The lowest BCUT2D eigenvalue weighted by Gasteiger charge is -2.34. The lowest BCUT2D eigenvalue weighted by Crippen LogP contribution is -2.49. The second-order valence-electron chi connectivity index (χ2n) is 7.67. The van der Waals surface area contributed by atoms with Crippen molar-refractivity contribution in [2.75, 3.05) is 44.2 Å². The highest BCUT2D eigenvalue weighted by molar-refractivity contribution is 7.89. The van der Waals surface area contributed by atoms with Crippen molar-refractivity contribution >= 4 is 21.9 Å². The fraction of sp³-hybridized carbons (Fsp3) is 0.476. The van der Waals surface area contributed by atoms with Crippen molar-refractivity contribution in [3.05, 3.63) is 48.3 Å². The maximum Gasteiger partial charge on any atom is 0.253 e. The Hall–Kier alpha value is -2.52. The predicted molar refractivity (Wildman–Crippen MR) is 114 cm³/mol. The number of amides is 1. The van der Waals surface area contributed by atoms with Crippen molar-refractivity contribution in [2.24, 2.45) is 0 Å². The number of nitrogens with zero attached hydrogens (tertiary/aromatic N) is 5. The zero-order valence-electron chi connectivity index (χ0n) is 17.0. The highest BCUT2D eigenvalue weighted by Crippen LogP contribution is 2.21. The Morgan fingerprint density at radius 3 is 2.00 bits per heavy atom. The third-order valence-corrected chi connectivity index (χ3v) is 7.62. The summed E-state index contributed by atoms with van der Waals surface area (Å²) < 4.78 is 27.4. The van der Waals surface area contributed by atoms with E-state index < -0.39 is 10.0 Å². The van der Waals surface area contributed by atoms with Crippen LogP contribution in [-0.4, -0.2) is 72.8 Å². The molecule has 0 spiro atoms. The van der Waals surface area contributed by atoms with E-state index >= 15 is 0 Å². The summed E-state index contributed by atoms with van der Waals surface area (Å²) >= 11 is 0. The van der Waals surface area contributed by atoms with Crippen LogP contribution in [0.4, 0.5) is 5.95 Å². The van der Waals surface area contributed by atoms with Gasteiger partial charge in [-0.15, -0.1) is 0 Å². The maximum absolute atomic E-state index is 12.9. The Kier molecular flexibility index (Phi) is 6.29. The second kappa shape index (κ2) is 9.09. The minimum absolute atomic E-state index is 0.0812. The van der Waals surface area contributed by atoms with E-state index in [1.165, 1.54) is 0 Å². The van der Waals surface area contributed by atoms with Gasteiger partial charge in [0.1, 0.15) is 0 Å². The summed E-state index contributed by atoms with van der Waals surface area (Å²) in [6, 6.07) is 8.14. The van der Waals surface area contributed by atoms with E-state index in [9.17, 15) is 13.2 Å². The molecular formula is C21H27N5O3S. The molecule has 160 valence electrons. The number of aromatic nitrogens is 2. The molecule has 2 saturated heterocycles. The summed E-state index contributed by atoms with van der Waals surface area (Å²) in [7, 11) is -3.50. The molecule has 0 aliphatic carbocycles. The van der Waals surface area contributed by atoms with Gasteiger partial charge in [0.2, 0.25) is 16.0 Å². The molecule has 0 unspecified atom stereocenters. The molecule has 3 heterocycles. The van der Waals surface area contributed by atoms with E-state index in [2.05, 4.69) is 14.9 Å². The first-order valence-corrected chi connectivity index (χ1v) is 11.9. The van der Waals surface area contributed by atoms with E-state index in [0.717, 1.165) is 25.7 Å². The number of carbonyl (C=O) groups excluding carboxylic acids is 1. The van der Waals surface area contributed by atoms with Gasteiger partial charge < -0.3 is 9.80 Å². The van der Waals surface area contributed by atoms with Crippen LogP contribution >= 0.6 is 0 Å². The van der Waals surface area contributed by atoms with E-state index in [1.54, 1.807) is 51.9 Å². The maximum atomic E-state index is 12.9. The van der Waals surface area contributed by atoms with Crippen LogP contribution in [-0.2, 0) is 10.0 Å².